The van der Waals surface area contributed by atoms with Crippen LogP contribution in [0.2, 0.25) is 0 Å². The van der Waals surface area contributed by atoms with Gasteiger partial charge in [0.05, 0.1) is 19.6 Å². The predicted molar refractivity (Wildman–Crippen MR) is 259 cm³/mol. The zero-order valence-electron chi connectivity index (χ0n) is 41.9. The molecule has 0 spiro atoms. The largest absolute Gasteiger partial charge is 0.466 e. The molecule has 10 heteroatoms. The van der Waals surface area contributed by atoms with Crippen molar-refractivity contribution >= 4 is 23.9 Å². The Kier molecular flexibility index (Phi) is 39.6. The molecular weight excluding hydrogens is 793 g/mol. The van der Waals surface area contributed by atoms with Gasteiger partial charge in [-0.2, -0.15) is 0 Å². The van der Waals surface area contributed by atoms with E-state index < -0.39 is 6.04 Å². The van der Waals surface area contributed by atoms with Crippen molar-refractivity contribution in [2.45, 2.75) is 270 Å². The maximum atomic E-state index is 13.4. The zero-order valence-corrected chi connectivity index (χ0v) is 41.9. The van der Waals surface area contributed by atoms with Crippen LogP contribution in [0.1, 0.15) is 252 Å². The van der Waals surface area contributed by atoms with E-state index in [1.54, 1.807) is 0 Å². The number of carbonyl (C=O) groups excluding carboxylic acids is 4. The first-order valence-corrected chi connectivity index (χ1v) is 26.8. The summed E-state index contributed by atoms with van der Waals surface area (Å²) in [6.45, 7) is 9.50. The number of rotatable bonds is 45. The Hall–Kier alpha value is -2.20. The maximum Gasteiger partial charge on any atom is 0.323 e. The highest BCUT2D eigenvalue weighted by Gasteiger charge is 2.39. The molecule has 1 aliphatic rings. The fraction of sp³-hybridized carbons (Fsp3) is 0.925. The summed E-state index contributed by atoms with van der Waals surface area (Å²) >= 11 is 0. The highest BCUT2D eigenvalue weighted by atomic mass is 16.6. The van der Waals surface area contributed by atoms with Crippen LogP contribution in [0.25, 0.3) is 0 Å². The molecule has 1 heterocycles. The van der Waals surface area contributed by atoms with Gasteiger partial charge in [0.15, 0.2) is 0 Å². The van der Waals surface area contributed by atoms with Gasteiger partial charge in [0.1, 0.15) is 18.2 Å². The molecule has 0 N–H and O–H groups in total. The summed E-state index contributed by atoms with van der Waals surface area (Å²) in [6, 6.07) is -0.426. The number of hydrogen-bond acceptors (Lipinski definition) is 10. The Morgan fingerprint density at radius 2 is 0.952 bits per heavy atom. The first-order chi connectivity index (χ1) is 30.7. The molecule has 1 saturated heterocycles. The second-order valence-electron chi connectivity index (χ2n) is 19.0. The standard InChI is InChI=1S/C53H100N2O8/c1-6-9-12-15-18-19-20-27-34-43-60-50(56)38-31-25-26-33-41-55-46-48(63-52(58)40-42-54(4)5)45-49(55)53(59)61-44-35-28-21-24-32-39-51(57)62-47(36-29-22-16-13-10-7-2)37-30-23-17-14-11-8-3/h47-49H,6-46H2,1-5H3/t48?,49-/m0/s1. The van der Waals surface area contributed by atoms with Crippen molar-refractivity contribution in [3.63, 3.8) is 0 Å². The van der Waals surface area contributed by atoms with Crippen molar-refractivity contribution in [3.05, 3.63) is 0 Å². The predicted octanol–water partition coefficient (Wildman–Crippen LogP) is 13.2. The Balaban J connectivity index is 2.37. The molecule has 0 amide bonds. The average molecular weight is 893 g/mol. The summed E-state index contributed by atoms with van der Waals surface area (Å²) in [5.74, 6) is -0.623. The summed E-state index contributed by atoms with van der Waals surface area (Å²) in [6.07, 6.45) is 37.7. The minimum absolute atomic E-state index is 0.0480. The number of unbranched alkanes of at least 4 members (excludes halogenated alkanes) is 25. The lowest BCUT2D eigenvalue weighted by atomic mass is 10.0. The van der Waals surface area contributed by atoms with Crippen LogP contribution in [-0.4, -0.2) is 98.9 Å². The number of likely N-dealkylation sites (tertiary alicyclic amines) is 1. The van der Waals surface area contributed by atoms with Crippen LogP contribution in [0.3, 0.4) is 0 Å². The number of nitrogens with zero attached hydrogens (tertiary/aromatic N) is 2. The Morgan fingerprint density at radius 1 is 0.508 bits per heavy atom. The maximum absolute atomic E-state index is 13.4. The molecule has 63 heavy (non-hydrogen) atoms. The van der Waals surface area contributed by atoms with Crippen LogP contribution in [0.5, 0.6) is 0 Å². The lowest BCUT2D eigenvalue weighted by Crippen LogP contribution is -2.38. The third-order valence-corrected chi connectivity index (χ3v) is 12.6. The van der Waals surface area contributed by atoms with Crippen LogP contribution < -0.4 is 0 Å². The second-order valence-corrected chi connectivity index (χ2v) is 19.0. The van der Waals surface area contributed by atoms with Gasteiger partial charge < -0.3 is 23.8 Å². The van der Waals surface area contributed by atoms with Gasteiger partial charge in [0, 0.05) is 32.4 Å². The molecule has 370 valence electrons. The van der Waals surface area contributed by atoms with Crippen molar-refractivity contribution in [2.24, 2.45) is 0 Å². The molecule has 0 aromatic heterocycles. The molecule has 1 rings (SSSR count). The lowest BCUT2D eigenvalue weighted by Gasteiger charge is -2.22. The van der Waals surface area contributed by atoms with Gasteiger partial charge in [-0.3, -0.25) is 24.1 Å². The lowest BCUT2D eigenvalue weighted by molar-refractivity contribution is -0.151. The summed E-state index contributed by atoms with van der Waals surface area (Å²) in [5.41, 5.74) is 0. The molecule has 0 aliphatic carbocycles. The molecule has 10 nitrogen and oxygen atoms in total. The molecular formula is C53H100N2O8. The van der Waals surface area contributed by atoms with Crippen LogP contribution in [0.4, 0.5) is 0 Å². The third-order valence-electron chi connectivity index (χ3n) is 12.6. The second kappa shape index (κ2) is 42.4. The van der Waals surface area contributed by atoms with Gasteiger partial charge in [0.25, 0.3) is 0 Å². The summed E-state index contributed by atoms with van der Waals surface area (Å²) < 4.78 is 23.1. The number of ether oxygens (including phenoxy) is 4. The normalized spacial score (nSPS) is 15.3. The van der Waals surface area contributed by atoms with E-state index in [1.807, 2.05) is 19.0 Å². The molecule has 0 bridgehead atoms. The van der Waals surface area contributed by atoms with Crippen molar-refractivity contribution in [3.8, 4) is 0 Å². The number of carbonyl (C=O) groups is 4. The molecule has 0 aromatic carbocycles. The summed E-state index contributed by atoms with van der Waals surface area (Å²) in [5, 5.41) is 0. The fourth-order valence-corrected chi connectivity index (χ4v) is 8.59. The van der Waals surface area contributed by atoms with Gasteiger partial charge in [-0.25, -0.2) is 0 Å². The van der Waals surface area contributed by atoms with E-state index in [0.717, 1.165) is 103 Å². The first kappa shape index (κ1) is 58.8. The number of esters is 4. The van der Waals surface area contributed by atoms with Crippen molar-refractivity contribution in [1.82, 2.24) is 9.80 Å². The first-order valence-electron chi connectivity index (χ1n) is 26.8. The molecule has 0 radical (unpaired) electrons. The smallest absolute Gasteiger partial charge is 0.323 e. The van der Waals surface area contributed by atoms with E-state index in [1.165, 1.54) is 109 Å². The highest BCUT2D eigenvalue weighted by molar-refractivity contribution is 5.76. The average Bonchev–Trinajstić information content (AvgIpc) is 3.67. The van der Waals surface area contributed by atoms with Gasteiger partial charge >= 0.3 is 23.9 Å². The zero-order chi connectivity index (χ0) is 46.0. The fourth-order valence-electron chi connectivity index (χ4n) is 8.59. The van der Waals surface area contributed by atoms with Crippen LogP contribution in [0, 0.1) is 0 Å². The topological polar surface area (TPSA) is 112 Å². The quantitative estimate of drug-likeness (QED) is 0.0333. The SMILES string of the molecule is CCCCCCCCCCCOC(=O)CCCCCCN1CC(OC(=O)CCN(C)C)C[C@H]1C(=O)OCCCCCCCC(=O)OC(CCCCCCCC)CCCCCCCC. The summed E-state index contributed by atoms with van der Waals surface area (Å²) in [7, 11) is 3.86. The van der Waals surface area contributed by atoms with E-state index in [4.69, 9.17) is 18.9 Å². The highest BCUT2D eigenvalue weighted by Crippen LogP contribution is 2.24. The molecule has 0 aromatic rings. The monoisotopic (exact) mass is 893 g/mol. The molecule has 1 aliphatic heterocycles. The Morgan fingerprint density at radius 3 is 1.48 bits per heavy atom. The van der Waals surface area contributed by atoms with Crippen molar-refractivity contribution in [2.75, 3.05) is 46.9 Å². The van der Waals surface area contributed by atoms with Crippen LogP contribution >= 0.6 is 0 Å². The Labute approximate surface area is 387 Å². The molecule has 1 unspecified atom stereocenters. The van der Waals surface area contributed by atoms with Gasteiger partial charge in [-0.05, 0) is 78.4 Å². The molecule has 0 saturated carbocycles. The van der Waals surface area contributed by atoms with E-state index >= 15 is 0 Å². The third kappa shape index (κ3) is 35.7. The van der Waals surface area contributed by atoms with Crippen LogP contribution in [-0.2, 0) is 38.1 Å². The minimum atomic E-state index is -0.426. The molecule has 2 atom stereocenters. The van der Waals surface area contributed by atoms with E-state index in [0.29, 0.717) is 52.0 Å². The van der Waals surface area contributed by atoms with E-state index in [-0.39, 0.29) is 36.1 Å². The van der Waals surface area contributed by atoms with Gasteiger partial charge in [0.2, 0.25) is 0 Å². The van der Waals surface area contributed by atoms with Crippen molar-refractivity contribution < 1.29 is 38.1 Å². The van der Waals surface area contributed by atoms with Crippen LogP contribution in [0.15, 0.2) is 0 Å². The molecule has 1 fully saturated rings. The summed E-state index contributed by atoms with van der Waals surface area (Å²) in [4.78, 5) is 55.0. The Bertz CT molecular complexity index is 1090. The van der Waals surface area contributed by atoms with Gasteiger partial charge in [-0.1, -0.05) is 168 Å². The van der Waals surface area contributed by atoms with E-state index in [2.05, 4.69) is 25.7 Å². The number of hydrogen-bond donors (Lipinski definition) is 0. The van der Waals surface area contributed by atoms with Gasteiger partial charge in [-0.15, -0.1) is 0 Å². The minimum Gasteiger partial charge on any atom is -0.466 e. The van der Waals surface area contributed by atoms with Crippen molar-refractivity contribution in [1.29, 1.82) is 0 Å². The van der Waals surface area contributed by atoms with E-state index in [9.17, 15) is 19.2 Å².